The summed E-state index contributed by atoms with van der Waals surface area (Å²) < 4.78 is 3.61. The van der Waals surface area contributed by atoms with Crippen LogP contribution in [-0.2, 0) is 13.0 Å². The summed E-state index contributed by atoms with van der Waals surface area (Å²) in [7, 11) is 0. The van der Waals surface area contributed by atoms with Crippen molar-refractivity contribution >= 4 is 53.7 Å². The standard InChI is InChI=1S/C20H23Br2N/c1-3-5-8-15(21)12-14-7-6-9-18-17-11-10-16(22)13-19(17)23(4-2)20(14)18/h6-7,9-11,13,15H,3-5,8,12H2,1-2H3. The second kappa shape index (κ2) is 7.40. The summed E-state index contributed by atoms with van der Waals surface area (Å²) in [5.74, 6) is 0. The number of hydrogen-bond acceptors (Lipinski definition) is 0. The summed E-state index contributed by atoms with van der Waals surface area (Å²) in [6, 6.07) is 13.4. The largest absolute Gasteiger partial charge is 0.340 e. The van der Waals surface area contributed by atoms with Crippen LogP contribution < -0.4 is 0 Å². The van der Waals surface area contributed by atoms with Crippen LogP contribution in [0.25, 0.3) is 21.8 Å². The molecular weight excluding hydrogens is 414 g/mol. The first kappa shape index (κ1) is 17.0. The Labute approximate surface area is 155 Å². The Morgan fingerprint density at radius 3 is 2.65 bits per heavy atom. The van der Waals surface area contributed by atoms with Gasteiger partial charge in [-0.25, -0.2) is 0 Å². The van der Waals surface area contributed by atoms with Gasteiger partial charge in [-0.05, 0) is 37.5 Å². The van der Waals surface area contributed by atoms with Crippen LogP contribution in [-0.4, -0.2) is 9.39 Å². The van der Waals surface area contributed by atoms with Gasteiger partial charge in [0.2, 0.25) is 0 Å². The lowest BCUT2D eigenvalue weighted by Crippen LogP contribution is -2.05. The van der Waals surface area contributed by atoms with Crippen molar-refractivity contribution in [2.75, 3.05) is 0 Å². The molecule has 1 aromatic heterocycles. The van der Waals surface area contributed by atoms with Gasteiger partial charge in [-0.2, -0.15) is 0 Å². The molecule has 122 valence electrons. The Morgan fingerprint density at radius 2 is 1.91 bits per heavy atom. The number of aryl methyl sites for hydroxylation is 1. The molecule has 0 aliphatic heterocycles. The predicted octanol–water partition coefficient (Wildman–Crippen LogP) is 7.07. The Bertz CT molecular complexity index is 819. The molecule has 1 atom stereocenters. The van der Waals surface area contributed by atoms with Crippen molar-refractivity contribution in [3.05, 3.63) is 46.4 Å². The molecule has 1 nitrogen and oxygen atoms in total. The van der Waals surface area contributed by atoms with Gasteiger partial charge in [0.05, 0.1) is 11.0 Å². The van der Waals surface area contributed by atoms with Crippen LogP contribution in [0.3, 0.4) is 0 Å². The third-order valence-corrected chi connectivity index (χ3v) is 5.83. The summed E-state index contributed by atoms with van der Waals surface area (Å²) in [6.45, 7) is 5.49. The number of nitrogens with zero attached hydrogens (tertiary/aromatic N) is 1. The zero-order valence-electron chi connectivity index (χ0n) is 13.8. The molecule has 0 fully saturated rings. The van der Waals surface area contributed by atoms with Gasteiger partial charge in [-0.15, -0.1) is 0 Å². The topological polar surface area (TPSA) is 4.93 Å². The molecule has 0 N–H and O–H groups in total. The van der Waals surface area contributed by atoms with E-state index in [-0.39, 0.29) is 0 Å². The summed E-state index contributed by atoms with van der Waals surface area (Å²) in [5, 5.41) is 2.73. The first-order valence-electron chi connectivity index (χ1n) is 8.49. The number of unbranched alkanes of at least 4 members (excludes halogenated alkanes) is 1. The molecule has 23 heavy (non-hydrogen) atoms. The van der Waals surface area contributed by atoms with Crippen molar-refractivity contribution in [1.29, 1.82) is 0 Å². The number of benzene rings is 2. The highest BCUT2D eigenvalue weighted by atomic mass is 79.9. The van der Waals surface area contributed by atoms with Crippen LogP contribution in [0.5, 0.6) is 0 Å². The Balaban J connectivity index is 2.14. The third kappa shape index (κ3) is 3.36. The summed E-state index contributed by atoms with van der Waals surface area (Å²) in [6.07, 6.45) is 4.88. The molecule has 1 heterocycles. The molecule has 2 aromatic carbocycles. The SMILES string of the molecule is CCCCC(Br)Cc1cccc2c3ccc(Br)cc3n(CC)c12. The second-order valence-corrected chi connectivity index (χ2v) is 8.37. The van der Waals surface area contributed by atoms with Crippen LogP contribution >= 0.6 is 31.9 Å². The van der Waals surface area contributed by atoms with Gasteiger partial charge in [-0.3, -0.25) is 0 Å². The lowest BCUT2D eigenvalue weighted by molar-refractivity contribution is 0.687. The van der Waals surface area contributed by atoms with E-state index in [1.165, 1.54) is 46.6 Å². The van der Waals surface area contributed by atoms with E-state index < -0.39 is 0 Å². The molecule has 0 bridgehead atoms. The lowest BCUT2D eigenvalue weighted by Gasteiger charge is -2.12. The van der Waals surface area contributed by atoms with E-state index in [0.29, 0.717) is 4.83 Å². The number of alkyl halides is 1. The fourth-order valence-corrected chi connectivity index (χ4v) is 4.48. The fourth-order valence-electron chi connectivity index (χ4n) is 3.46. The zero-order chi connectivity index (χ0) is 16.4. The van der Waals surface area contributed by atoms with Crippen molar-refractivity contribution in [3.63, 3.8) is 0 Å². The monoisotopic (exact) mass is 435 g/mol. The lowest BCUT2D eigenvalue weighted by atomic mass is 10.0. The minimum absolute atomic E-state index is 0.558. The first-order valence-corrected chi connectivity index (χ1v) is 10.2. The first-order chi connectivity index (χ1) is 11.2. The van der Waals surface area contributed by atoms with Crippen molar-refractivity contribution in [1.82, 2.24) is 4.57 Å². The Hall–Kier alpha value is -0.800. The maximum absolute atomic E-state index is 3.89. The molecule has 0 saturated heterocycles. The minimum Gasteiger partial charge on any atom is -0.340 e. The molecule has 0 saturated carbocycles. The highest BCUT2D eigenvalue weighted by Gasteiger charge is 2.15. The average Bonchev–Trinajstić information content (AvgIpc) is 2.86. The maximum atomic E-state index is 3.89. The fraction of sp³-hybridized carbons (Fsp3) is 0.400. The number of halogens is 2. The number of rotatable bonds is 6. The van der Waals surface area contributed by atoms with Crippen LogP contribution in [0.1, 0.15) is 38.7 Å². The molecule has 3 heteroatoms. The molecule has 0 spiro atoms. The number of fused-ring (bicyclic) bond motifs is 3. The van der Waals surface area contributed by atoms with Gasteiger partial charge in [0.25, 0.3) is 0 Å². The molecule has 0 aliphatic rings. The van der Waals surface area contributed by atoms with E-state index in [4.69, 9.17) is 0 Å². The summed E-state index contributed by atoms with van der Waals surface area (Å²) in [5.41, 5.74) is 4.18. The molecule has 0 amide bonds. The van der Waals surface area contributed by atoms with Gasteiger partial charge < -0.3 is 4.57 Å². The van der Waals surface area contributed by atoms with Crippen molar-refractivity contribution < 1.29 is 0 Å². The van der Waals surface area contributed by atoms with Crippen molar-refractivity contribution in [3.8, 4) is 0 Å². The molecule has 3 aromatic rings. The second-order valence-electron chi connectivity index (χ2n) is 6.16. The smallest absolute Gasteiger partial charge is 0.0524 e. The summed E-state index contributed by atoms with van der Waals surface area (Å²) in [4.78, 5) is 0.558. The van der Waals surface area contributed by atoms with Crippen LogP contribution in [0.4, 0.5) is 0 Å². The van der Waals surface area contributed by atoms with E-state index >= 15 is 0 Å². The number of para-hydroxylation sites is 1. The van der Waals surface area contributed by atoms with Crippen LogP contribution in [0, 0.1) is 0 Å². The highest BCUT2D eigenvalue weighted by Crippen LogP contribution is 2.34. The van der Waals surface area contributed by atoms with Crippen LogP contribution in [0.15, 0.2) is 40.9 Å². The number of hydrogen-bond donors (Lipinski definition) is 0. The van der Waals surface area contributed by atoms with E-state index in [1.54, 1.807) is 0 Å². The molecular formula is C20H23Br2N. The maximum Gasteiger partial charge on any atom is 0.0524 e. The van der Waals surface area contributed by atoms with Gasteiger partial charge in [0, 0.05) is 26.6 Å². The van der Waals surface area contributed by atoms with E-state index in [9.17, 15) is 0 Å². The predicted molar refractivity (Wildman–Crippen MR) is 109 cm³/mol. The van der Waals surface area contributed by atoms with Gasteiger partial charge in [0.1, 0.15) is 0 Å². The normalized spacial score (nSPS) is 13.0. The van der Waals surface area contributed by atoms with Crippen molar-refractivity contribution in [2.24, 2.45) is 0 Å². The third-order valence-electron chi connectivity index (χ3n) is 4.56. The highest BCUT2D eigenvalue weighted by molar-refractivity contribution is 9.10. The molecule has 3 rings (SSSR count). The van der Waals surface area contributed by atoms with Gasteiger partial charge in [0.15, 0.2) is 0 Å². The zero-order valence-corrected chi connectivity index (χ0v) is 17.0. The Kier molecular flexibility index (Phi) is 5.48. The Morgan fingerprint density at radius 1 is 1.09 bits per heavy atom. The van der Waals surface area contributed by atoms with Crippen molar-refractivity contribution in [2.45, 2.75) is 50.9 Å². The minimum atomic E-state index is 0.558. The molecule has 1 unspecified atom stereocenters. The van der Waals surface area contributed by atoms with Gasteiger partial charge in [-0.1, -0.05) is 75.9 Å². The molecule has 0 radical (unpaired) electrons. The number of aromatic nitrogens is 1. The average molecular weight is 437 g/mol. The van der Waals surface area contributed by atoms with E-state index in [0.717, 1.165) is 17.4 Å². The summed E-state index contributed by atoms with van der Waals surface area (Å²) >= 11 is 7.51. The quantitative estimate of drug-likeness (QED) is 0.364. The van der Waals surface area contributed by atoms with Gasteiger partial charge >= 0.3 is 0 Å². The van der Waals surface area contributed by atoms with Crippen LogP contribution in [0.2, 0.25) is 0 Å². The van der Waals surface area contributed by atoms with E-state index in [2.05, 4.69) is 86.7 Å². The molecule has 0 aliphatic carbocycles. The van der Waals surface area contributed by atoms with E-state index in [1.807, 2.05) is 0 Å².